The van der Waals surface area contributed by atoms with E-state index in [1.165, 1.54) is 18.2 Å². The molecule has 98 valence electrons. The highest BCUT2D eigenvalue weighted by Gasteiger charge is 2.33. The highest BCUT2D eigenvalue weighted by atomic mass is 19.4. The van der Waals surface area contributed by atoms with E-state index in [0.717, 1.165) is 6.07 Å². The van der Waals surface area contributed by atoms with Crippen molar-refractivity contribution < 1.29 is 22.7 Å². The van der Waals surface area contributed by atoms with E-state index < -0.39 is 18.0 Å². The number of ether oxygens (including phenoxy) is 1. The van der Waals surface area contributed by atoms with Crippen LogP contribution in [0.3, 0.4) is 0 Å². The molecule has 6 heteroatoms. The molecule has 0 atom stereocenters. The van der Waals surface area contributed by atoms with Gasteiger partial charge in [0, 0.05) is 6.54 Å². The van der Waals surface area contributed by atoms with Crippen LogP contribution in [0.25, 0.3) is 6.08 Å². The van der Waals surface area contributed by atoms with Crippen LogP contribution < -0.4 is 10.1 Å². The second-order valence-electron chi connectivity index (χ2n) is 3.37. The average Bonchev–Trinajstić information content (AvgIpc) is 2.27. The lowest BCUT2D eigenvalue weighted by Gasteiger charge is -2.13. The minimum atomic E-state index is -4.85. The summed E-state index contributed by atoms with van der Waals surface area (Å²) >= 11 is 0. The number of hydrogen-bond acceptors (Lipinski definition) is 2. The molecule has 0 aromatic heterocycles. The van der Waals surface area contributed by atoms with Crippen molar-refractivity contribution in [3.8, 4) is 5.75 Å². The van der Waals surface area contributed by atoms with Crippen molar-refractivity contribution in [1.82, 2.24) is 5.32 Å². The fourth-order valence-electron chi connectivity index (χ4n) is 1.32. The first-order valence-corrected chi connectivity index (χ1v) is 5.17. The Kier molecular flexibility index (Phi) is 4.36. The summed E-state index contributed by atoms with van der Waals surface area (Å²) in [5.74, 6) is -1.15. The van der Waals surface area contributed by atoms with Crippen molar-refractivity contribution >= 4 is 12.0 Å². The van der Waals surface area contributed by atoms with Crippen LogP contribution in [0.2, 0.25) is 0 Å². The van der Waals surface area contributed by atoms with E-state index in [1.54, 1.807) is 6.92 Å². The number of amides is 1. The van der Waals surface area contributed by atoms with E-state index >= 15 is 0 Å². The monoisotopic (exact) mass is 259 g/mol. The molecule has 0 aliphatic carbocycles. The Hall–Kier alpha value is -1.98. The van der Waals surface area contributed by atoms with Crippen LogP contribution in [0.1, 0.15) is 22.8 Å². The van der Waals surface area contributed by atoms with Gasteiger partial charge in [0.1, 0.15) is 5.75 Å². The molecule has 0 fully saturated rings. The molecular weight excluding hydrogens is 247 g/mol. The molecule has 0 unspecified atom stereocenters. The van der Waals surface area contributed by atoms with Crippen molar-refractivity contribution in [2.24, 2.45) is 0 Å². The lowest BCUT2D eigenvalue weighted by Crippen LogP contribution is -2.25. The maximum absolute atomic E-state index is 12.2. The van der Waals surface area contributed by atoms with Crippen molar-refractivity contribution in [2.75, 3.05) is 6.54 Å². The molecule has 1 aromatic carbocycles. The largest absolute Gasteiger partial charge is 0.573 e. The van der Waals surface area contributed by atoms with E-state index in [9.17, 15) is 18.0 Å². The summed E-state index contributed by atoms with van der Waals surface area (Å²) in [4.78, 5) is 11.6. The number of halogens is 3. The second kappa shape index (κ2) is 5.57. The number of benzene rings is 1. The molecule has 1 aromatic rings. The molecule has 1 amide bonds. The highest BCUT2D eigenvalue weighted by Crippen LogP contribution is 2.27. The molecule has 0 radical (unpaired) electrons. The minimum Gasteiger partial charge on any atom is -0.405 e. The Morgan fingerprint density at radius 1 is 1.50 bits per heavy atom. The number of nitrogens with one attached hydrogen (secondary N) is 1. The number of carbonyl (C=O) groups excluding carboxylic acids is 1. The molecular formula is C12H12F3NO2. The fraction of sp³-hybridized carbons (Fsp3) is 0.250. The van der Waals surface area contributed by atoms with Crippen LogP contribution in [0.5, 0.6) is 5.75 Å². The Bertz CT molecular complexity index is 455. The SMILES string of the molecule is C=Cc1ccc(C(=O)NCC)c(OC(F)(F)F)c1. The molecule has 0 spiro atoms. The molecule has 0 heterocycles. The third-order valence-corrected chi connectivity index (χ3v) is 2.05. The van der Waals surface area contributed by atoms with Crippen molar-refractivity contribution in [2.45, 2.75) is 13.3 Å². The first-order valence-electron chi connectivity index (χ1n) is 5.17. The highest BCUT2D eigenvalue weighted by molar-refractivity contribution is 5.97. The van der Waals surface area contributed by atoms with Gasteiger partial charge in [0.25, 0.3) is 5.91 Å². The van der Waals surface area contributed by atoms with Gasteiger partial charge in [0.2, 0.25) is 0 Å². The summed E-state index contributed by atoms with van der Waals surface area (Å²) in [7, 11) is 0. The third kappa shape index (κ3) is 3.80. The minimum absolute atomic E-state index is 0.167. The summed E-state index contributed by atoms with van der Waals surface area (Å²) in [6.07, 6.45) is -3.48. The zero-order chi connectivity index (χ0) is 13.8. The van der Waals surface area contributed by atoms with E-state index in [2.05, 4.69) is 16.6 Å². The van der Waals surface area contributed by atoms with Crippen LogP contribution in [0, 0.1) is 0 Å². The van der Waals surface area contributed by atoms with Crippen molar-refractivity contribution in [1.29, 1.82) is 0 Å². The van der Waals surface area contributed by atoms with Gasteiger partial charge < -0.3 is 10.1 Å². The molecule has 0 aliphatic rings. The molecule has 0 saturated heterocycles. The van der Waals surface area contributed by atoms with Crippen molar-refractivity contribution in [3.63, 3.8) is 0 Å². The average molecular weight is 259 g/mol. The van der Waals surface area contributed by atoms with Crippen molar-refractivity contribution in [3.05, 3.63) is 35.9 Å². The van der Waals surface area contributed by atoms with Gasteiger partial charge in [0.15, 0.2) is 0 Å². The lowest BCUT2D eigenvalue weighted by molar-refractivity contribution is -0.274. The Morgan fingerprint density at radius 2 is 2.17 bits per heavy atom. The fourth-order valence-corrected chi connectivity index (χ4v) is 1.32. The molecule has 0 saturated carbocycles. The quantitative estimate of drug-likeness (QED) is 0.902. The molecule has 18 heavy (non-hydrogen) atoms. The van der Waals surface area contributed by atoms with Gasteiger partial charge in [-0.3, -0.25) is 4.79 Å². The summed E-state index contributed by atoms with van der Waals surface area (Å²) in [5, 5.41) is 2.41. The number of carbonyl (C=O) groups is 1. The lowest BCUT2D eigenvalue weighted by atomic mass is 10.1. The van der Waals surface area contributed by atoms with Gasteiger partial charge in [-0.25, -0.2) is 0 Å². The topological polar surface area (TPSA) is 38.3 Å². The zero-order valence-corrected chi connectivity index (χ0v) is 9.67. The Balaban J connectivity index is 3.16. The van der Waals surface area contributed by atoms with Crippen LogP contribution >= 0.6 is 0 Å². The Morgan fingerprint density at radius 3 is 2.67 bits per heavy atom. The van der Waals surface area contributed by atoms with Gasteiger partial charge in [-0.15, -0.1) is 13.2 Å². The molecule has 0 aliphatic heterocycles. The van der Waals surface area contributed by atoms with Gasteiger partial charge in [-0.1, -0.05) is 18.7 Å². The van der Waals surface area contributed by atoms with E-state index in [4.69, 9.17) is 0 Å². The van der Waals surface area contributed by atoms with Gasteiger partial charge in [-0.2, -0.15) is 0 Å². The number of alkyl halides is 3. The van der Waals surface area contributed by atoms with Crippen LogP contribution in [0.15, 0.2) is 24.8 Å². The van der Waals surface area contributed by atoms with E-state index in [1.807, 2.05) is 0 Å². The third-order valence-electron chi connectivity index (χ3n) is 2.05. The second-order valence-corrected chi connectivity index (χ2v) is 3.37. The summed E-state index contributed by atoms with van der Waals surface area (Å²) in [6.45, 7) is 5.42. The normalized spacial score (nSPS) is 10.9. The molecule has 0 bridgehead atoms. The summed E-state index contributed by atoms with van der Waals surface area (Å²) < 4.78 is 40.5. The molecule has 1 N–H and O–H groups in total. The predicted octanol–water partition coefficient (Wildman–Crippen LogP) is 2.98. The maximum Gasteiger partial charge on any atom is 0.573 e. The number of rotatable bonds is 4. The standard InChI is InChI=1S/C12H12F3NO2/c1-3-8-5-6-9(11(17)16-4-2)10(7-8)18-12(13,14)15/h3,5-7H,1,4H2,2H3,(H,16,17). The summed E-state index contributed by atoms with van der Waals surface area (Å²) in [6, 6.07) is 3.87. The molecule has 3 nitrogen and oxygen atoms in total. The Labute approximate surface area is 102 Å². The van der Waals surface area contributed by atoms with Gasteiger partial charge >= 0.3 is 6.36 Å². The predicted molar refractivity (Wildman–Crippen MR) is 61.2 cm³/mol. The van der Waals surface area contributed by atoms with Crippen LogP contribution in [0.4, 0.5) is 13.2 Å². The smallest absolute Gasteiger partial charge is 0.405 e. The maximum atomic E-state index is 12.2. The van der Waals surface area contributed by atoms with Crippen LogP contribution in [-0.2, 0) is 0 Å². The first kappa shape index (κ1) is 14.1. The van der Waals surface area contributed by atoms with Crippen LogP contribution in [-0.4, -0.2) is 18.8 Å². The van der Waals surface area contributed by atoms with Gasteiger partial charge in [0.05, 0.1) is 5.56 Å². The zero-order valence-electron chi connectivity index (χ0n) is 9.67. The van der Waals surface area contributed by atoms with Gasteiger partial charge in [-0.05, 0) is 24.6 Å². The number of hydrogen-bond donors (Lipinski definition) is 1. The molecule has 1 rings (SSSR count). The van der Waals surface area contributed by atoms with E-state index in [-0.39, 0.29) is 5.56 Å². The van der Waals surface area contributed by atoms with E-state index in [0.29, 0.717) is 12.1 Å². The first-order chi connectivity index (χ1) is 8.37. The summed E-state index contributed by atoms with van der Waals surface area (Å²) in [5.41, 5.74) is 0.266.